The highest BCUT2D eigenvalue weighted by Gasteiger charge is 2.26. The van der Waals surface area contributed by atoms with Crippen LogP contribution in [0.4, 0.5) is 5.69 Å². The van der Waals surface area contributed by atoms with E-state index in [1.165, 1.54) is 0 Å². The smallest absolute Gasteiger partial charge is 0.254 e. The van der Waals surface area contributed by atoms with Crippen molar-refractivity contribution >= 4 is 11.6 Å². The molecule has 3 nitrogen and oxygen atoms in total. The van der Waals surface area contributed by atoms with E-state index < -0.39 is 0 Å². The molecule has 1 fully saturated rings. The molecule has 1 aromatic rings. The first kappa shape index (κ1) is 12.0. The van der Waals surface area contributed by atoms with Gasteiger partial charge in [-0.05, 0) is 37.0 Å². The second-order valence-corrected chi connectivity index (χ2v) is 4.83. The van der Waals surface area contributed by atoms with Crippen molar-refractivity contribution in [1.82, 2.24) is 4.90 Å². The molecule has 2 rings (SSSR count). The van der Waals surface area contributed by atoms with E-state index in [1.807, 2.05) is 30.0 Å². The predicted octanol–water partition coefficient (Wildman–Crippen LogP) is 2.45. The number of nitrogen functional groups attached to an aromatic ring is 1. The van der Waals surface area contributed by atoms with Gasteiger partial charge in [0.15, 0.2) is 0 Å². The molecule has 1 aromatic carbocycles. The lowest BCUT2D eigenvalue weighted by molar-refractivity contribution is 0.0786. The minimum atomic E-state index is 0.130. The van der Waals surface area contributed by atoms with Gasteiger partial charge < -0.3 is 10.6 Å². The van der Waals surface area contributed by atoms with E-state index in [1.54, 1.807) is 0 Å². The van der Waals surface area contributed by atoms with Crippen LogP contribution in [0.5, 0.6) is 0 Å². The van der Waals surface area contributed by atoms with Crippen LogP contribution in [0.15, 0.2) is 18.2 Å². The summed E-state index contributed by atoms with van der Waals surface area (Å²) in [5.41, 5.74) is 8.19. The van der Waals surface area contributed by atoms with Crippen molar-refractivity contribution in [3.63, 3.8) is 0 Å². The predicted molar refractivity (Wildman–Crippen MR) is 69.9 cm³/mol. The van der Waals surface area contributed by atoms with Crippen LogP contribution in [-0.2, 0) is 0 Å². The number of carbonyl (C=O) groups excluding carboxylic acids is 1. The van der Waals surface area contributed by atoms with Gasteiger partial charge in [-0.2, -0.15) is 0 Å². The number of rotatable bonds is 2. The number of hydrogen-bond donors (Lipinski definition) is 1. The summed E-state index contributed by atoms with van der Waals surface area (Å²) in [4.78, 5) is 14.3. The summed E-state index contributed by atoms with van der Waals surface area (Å²) >= 11 is 0. The third-order valence-electron chi connectivity index (χ3n) is 3.76. The Bertz CT molecular complexity index is 428. The van der Waals surface area contributed by atoms with Gasteiger partial charge in [0.25, 0.3) is 5.91 Å². The molecule has 0 bridgehead atoms. The van der Waals surface area contributed by atoms with Gasteiger partial charge in [0.2, 0.25) is 0 Å². The maximum atomic E-state index is 12.4. The topological polar surface area (TPSA) is 46.3 Å². The van der Waals surface area contributed by atoms with Crippen LogP contribution in [0.3, 0.4) is 0 Å². The number of benzene rings is 1. The Labute approximate surface area is 103 Å². The number of likely N-dealkylation sites (tertiary alicyclic amines) is 1. The lowest BCUT2D eigenvalue weighted by Gasteiger charge is -2.18. The van der Waals surface area contributed by atoms with Crippen molar-refractivity contribution in [2.24, 2.45) is 5.92 Å². The van der Waals surface area contributed by atoms with Crippen molar-refractivity contribution in [2.45, 2.75) is 26.7 Å². The van der Waals surface area contributed by atoms with Gasteiger partial charge in [0, 0.05) is 24.3 Å². The third-order valence-corrected chi connectivity index (χ3v) is 3.76. The molecule has 0 aromatic heterocycles. The molecule has 1 heterocycles. The number of carbonyl (C=O) groups is 1. The SMILES string of the molecule is CCC1CCN(C(=O)c2cccc(N)c2C)C1. The molecule has 1 aliphatic rings. The Morgan fingerprint density at radius 3 is 2.94 bits per heavy atom. The fourth-order valence-corrected chi connectivity index (χ4v) is 2.41. The highest BCUT2D eigenvalue weighted by Crippen LogP contribution is 2.23. The third kappa shape index (κ3) is 2.28. The van der Waals surface area contributed by atoms with Gasteiger partial charge in [-0.3, -0.25) is 4.79 Å². The Balaban J connectivity index is 2.18. The highest BCUT2D eigenvalue weighted by atomic mass is 16.2. The Morgan fingerprint density at radius 1 is 1.53 bits per heavy atom. The van der Waals surface area contributed by atoms with Crippen LogP contribution in [0, 0.1) is 12.8 Å². The van der Waals surface area contributed by atoms with Gasteiger partial charge in [-0.15, -0.1) is 0 Å². The lowest BCUT2D eigenvalue weighted by Crippen LogP contribution is -2.29. The van der Waals surface area contributed by atoms with Gasteiger partial charge in [0.05, 0.1) is 0 Å². The zero-order chi connectivity index (χ0) is 12.4. The minimum Gasteiger partial charge on any atom is -0.398 e. The van der Waals surface area contributed by atoms with E-state index in [0.717, 1.165) is 37.1 Å². The molecule has 0 aliphatic carbocycles. The molecule has 1 saturated heterocycles. The maximum absolute atomic E-state index is 12.4. The summed E-state index contributed by atoms with van der Waals surface area (Å²) in [6, 6.07) is 5.56. The summed E-state index contributed by atoms with van der Waals surface area (Å²) in [6.07, 6.45) is 2.28. The average Bonchev–Trinajstić information content (AvgIpc) is 2.80. The second kappa shape index (κ2) is 4.78. The molecular weight excluding hydrogens is 212 g/mol. The monoisotopic (exact) mass is 232 g/mol. The molecule has 1 aliphatic heterocycles. The standard InChI is InChI=1S/C14H20N2O/c1-3-11-7-8-16(9-11)14(17)12-5-4-6-13(15)10(12)2/h4-6,11H,3,7-9,15H2,1-2H3. The van der Waals surface area contributed by atoms with Crippen LogP contribution in [0.25, 0.3) is 0 Å². The van der Waals surface area contributed by atoms with E-state index in [4.69, 9.17) is 5.73 Å². The number of amides is 1. The molecule has 2 N–H and O–H groups in total. The number of anilines is 1. The quantitative estimate of drug-likeness (QED) is 0.796. The second-order valence-electron chi connectivity index (χ2n) is 4.83. The van der Waals surface area contributed by atoms with Crippen molar-refractivity contribution in [2.75, 3.05) is 18.8 Å². The zero-order valence-electron chi connectivity index (χ0n) is 10.6. The van der Waals surface area contributed by atoms with Crippen LogP contribution in [-0.4, -0.2) is 23.9 Å². The average molecular weight is 232 g/mol. The lowest BCUT2D eigenvalue weighted by atomic mass is 10.1. The molecule has 0 radical (unpaired) electrons. The maximum Gasteiger partial charge on any atom is 0.254 e. The van der Waals surface area contributed by atoms with Gasteiger partial charge in [-0.25, -0.2) is 0 Å². The van der Waals surface area contributed by atoms with Gasteiger partial charge in [-0.1, -0.05) is 19.4 Å². The van der Waals surface area contributed by atoms with Crippen molar-refractivity contribution in [3.05, 3.63) is 29.3 Å². The summed E-state index contributed by atoms with van der Waals surface area (Å²) in [6.45, 7) is 5.87. The first-order valence-corrected chi connectivity index (χ1v) is 6.27. The van der Waals surface area contributed by atoms with Crippen LogP contribution >= 0.6 is 0 Å². The molecule has 1 atom stereocenters. The van der Waals surface area contributed by atoms with Crippen molar-refractivity contribution in [3.8, 4) is 0 Å². The molecule has 1 amide bonds. The van der Waals surface area contributed by atoms with E-state index in [0.29, 0.717) is 11.6 Å². The fraction of sp³-hybridized carbons (Fsp3) is 0.500. The Hall–Kier alpha value is -1.51. The molecule has 92 valence electrons. The summed E-state index contributed by atoms with van der Waals surface area (Å²) in [5.74, 6) is 0.797. The molecule has 0 saturated carbocycles. The van der Waals surface area contributed by atoms with Crippen LogP contribution < -0.4 is 5.73 Å². The molecule has 1 unspecified atom stereocenters. The number of nitrogens with two attached hydrogens (primary N) is 1. The first-order valence-electron chi connectivity index (χ1n) is 6.27. The zero-order valence-corrected chi connectivity index (χ0v) is 10.6. The molecule has 3 heteroatoms. The van der Waals surface area contributed by atoms with E-state index in [2.05, 4.69) is 6.92 Å². The van der Waals surface area contributed by atoms with Crippen LogP contribution in [0.2, 0.25) is 0 Å². The van der Waals surface area contributed by atoms with Gasteiger partial charge >= 0.3 is 0 Å². The molecule has 17 heavy (non-hydrogen) atoms. The Morgan fingerprint density at radius 2 is 2.29 bits per heavy atom. The van der Waals surface area contributed by atoms with Crippen molar-refractivity contribution in [1.29, 1.82) is 0 Å². The van der Waals surface area contributed by atoms with Crippen LogP contribution in [0.1, 0.15) is 35.7 Å². The molecular formula is C14H20N2O. The van der Waals surface area contributed by atoms with Crippen molar-refractivity contribution < 1.29 is 4.79 Å². The van der Waals surface area contributed by atoms with E-state index >= 15 is 0 Å². The Kier molecular flexibility index (Phi) is 3.36. The number of hydrogen-bond acceptors (Lipinski definition) is 2. The molecule has 0 spiro atoms. The largest absolute Gasteiger partial charge is 0.398 e. The van der Waals surface area contributed by atoms with E-state index in [-0.39, 0.29) is 5.91 Å². The minimum absolute atomic E-state index is 0.130. The first-order chi connectivity index (χ1) is 8.13. The summed E-state index contributed by atoms with van der Waals surface area (Å²) in [7, 11) is 0. The highest BCUT2D eigenvalue weighted by molar-refractivity contribution is 5.97. The normalized spacial score (nSPS) is 19.6. The number of nitrogens with zero attached hydrogens (tertiary/aromatic N) is 1. The van der Waals surface area contributed by atoms with E-state index in [9.17, 15) is 4.79 Å². The summed E-state index contributed by atoms with van der Waals surface area (Å²) in [5, 5.41) is 0. The van der Waals surface area contributed by atoms with Gasteiger partial charge in [0.1, 0.15) is 0 Å². The summed E-state index contributed by atoms with van der Waals surface area (Å²) < 4.78 is 0. The fourth-order valence-electron chi connectivity index (χ4n) is 2.41.